The number of hydrogen-bond acceptors (Lipinski definition) is 2. The third-order valence-electron chi connectivity index (χ3n) is 2.68. The van der Waals surface area contributed by atoms with Crippen molar-refractivity contribution in [3.05, 3.63) is 0 Å². The molecule has 0 aliphatic rings. The van der Waals surface area contributed by atoms with Gasteiger partial charge in [0.05, 0.1) is 0 Å². The summed E-state index contributed by atoms with van der Waals surface area (Å²) < 4.78 is 48.9. The largest absolute Gasteiger partial charge is 0.481 e. The Balaban J connectivity index is 4.15. The monoisotopic (exact) mass is 287 g/mol. The molecule has 0 spiro atoms. The van der Waals surface area contributed by atoms with E-state index in [1.165, 1.54) is 0 Å². The number of nitrogens with one attached hydrogen (secondary N) is 1. The van der Waals surface area contributed by atoms with Crippen LogP contribution in [0.2, 0.25) is 0 Å². The molecule has 1 amide bonds. The molecule has 0 aromatic carbocycles. The number of carbonyl (C=O) groups is 2. The molecule has 19 heavy (non-hydrogen) atoms. The molecule has 0 fully saturated rings. The third kappa shape index (κ3) is 6.40. The van der Waals surface area contributed by atoms with Crippen LogP contribution in [0.25, 0.3) is 0 Å². The number of halogens is 4. The average molecular weight is 287 g/mol. The van der Waals surface area contributed by atoms with Gasteiger partial charge < -0.3 is 10.4 Å². The van der Waals surface area contributed by atoms with Crippen LogP contribution >= 0.6 is 0 Å². The van der Waals surface area contributed by atoms with E-state index < -0.39 is 29.6 Å². The summed E-state index contributed by atoms with van der Waals surface area (Å²) in [5, 5.41) is 10.2. The third-order valence-corrected chi connectivity index (χ3v) is 2.68. The predicted octanol–water partition coefficient (Wildman–Crippen LogP) is 2.28. The molecule has 0 saturated carbocycles. The molecule has 0 aliphatic carbocycles. The van der Waals surface area contributed by atoms with E-state index in [0.29, 0.717) is 6.42 Å². The summed E-state index contributed by atoms with van der Waals surface area (Å²) in [5.41, 5.74) is -0.494. The van der Waals surface area contributed by atoms with Gasteiger partial charge in [0.2, 0.25) is 0 Å². The Labute approximate surface area is 108 Å². The second kappa shape index (κ2) is 6.72. The highest BCUT2D eigenvalue weighted by Crippen LogP contribution is 2.27. The van der Waals surface area contributed by atoms with Gasteiger partial charge in [0, 0.05) is 13.0 Å². The lowest BCUT2D eigenvalue weighted by Crippen LogP contribution is -2.46. The van der Waals surface area contributed by atoms with Crippen molar-refractivity contribution in [2.75, 3.05) is 6.54 Å². The van der Waals surface area contributed by atoms with Crippen molar-refractivity contribution >= 4 is 11.9 Å². The molecular weight excluding hydrogens is 270 g/mol. The van der Waals surface area contributed by atoms with Gasteiger partial charge in [-0.3, -0.25) is 9.59 Å². The second-order valence-electron chi connectivity index (χ2n) is 4.99. The number of carboxylic acids is 1. The fraction of sp³-hybridized carbons (Fsp3) is 0.818. The smallest absolute Gasteiger partial charge is 0.383 e. The van der Waals surface area contributed by atoms with Crippen LogP contribution in [0.4, 0.5) is 17.6 Å². The lowest BCUT2D eigenvalue weighted by Gasteiger charge is -2.24. The molecule has 0 atom stereocenters. The fourth-order valence-corrected chi connectivity index (χ4v) is 1.30. The van der Waals surface area contributed by atoms with Gasteiger partial charge in [0.1, 0.15) is 0 Å². The highest BCUT2D eigenvalue weighted by Gasteiger charge is 2.48. The number of alkyl halides is 4. The summed E-state index contributed by atoms with van der Waals surface area (Å²) >= 11 is 0. The van der Waals surface area contributed by atoms with Crippen molar-refractivity contribution in [2.45, 2.75) is 45.5 Å². The van der Waals surface area contributed by atoms with Crippen molar-refractivity contribution in [1.82, 2.24) is 5.32 Å². The number of carboxylic acid groups (broad SMARTS) is 1. The first-order valence-corrected chi connectivity index (χ1v) is 5.65. The Morgan fingerprint density at radius 1 is 1.21 bits per heavy atom. The average Bonchev–Trinajstić information content (AvgIpc) is 2.25. The second-order valence-corrected chi connectivity index (χ2v) is 4.99. The first kappa shape index (κ1) is 17.7. The molecule has 112 valence electrons. The zero-order valence-corrected chi connectivity index (χ0v) is 10.7. The molecule has 0 saturated heterocycles. The normalized spacial score (nSPS) is 12.6. The summed E-state index contributed by atoms with van der Waals surface area (Å²) in [5.74, 6) is -7.71. The summed E-state index contributed by atoms with van der Waals surface area (Å²) in [4.78, 5) is 21.2. The Bertz CT molecular complexity index is 332. The van der Waals surface area contributed by atoms with E-state index in [0.717, 1.165) is 0 Å². The highest BCUT2D eigenvalue weighted by molar-refractivity contribution is 5.83. The number of carbonyl (C=O) groups excluding carboxylic acids is 1. The Kier molecular flexibility index (Phi) is 6.24. The lowest BCUT2D eigenvalue weighted by atomic mass is 9.84. The van der Waals surface area contributed by atoms with E-state index in [4.69, 9.17) is 5.11 Å². The lowest BCUT2D eigenvalue weighted by molar-refractivity contribution is -0.169. The number of hydrogen-bond donors (Lipinski definition) is 2. The molecule has 0 radical (unpaired) electrons. The van der Waals surface area contributed by atoms with Crippen LogP contribution in [0, 0.1) is 5.41 Å². The fourth-order valence-electron chi connectivity index (χ4n) is 1.30. The van der Waals surface area contributed by atoms with Crippen LogP contribution in [0.15, 0.2) is 0 Å². The van der Waals surface area contributed by atoms with E-state index in [1.807, 2.05) is 0 Å². The molecule has 0 aromatic heterocycles. The molecule has 0 aliphatic heterocycles. The van der Waals surface area contributed by atoms with Gasteiger partial charge in [-0.05, 0) is 18.3 Å². The van der Waals surface area contributed by atoms with Crippen LogP contribution in [-0.4, -0.2) is 35.9 Å². The minimum absolute atomic E-state index is 0.0891. The SMILES string of the molecule is CC(C)(CCNC(=O)C(F)(F)C(F)F)CCC(=O)O. The zero-order valence-electron chi connectivity index (χ0n) is 10.7. The Morgan fingerprint density at radius 2 is 1.74 bits per heavy atom. The number of rotatable bonds is 8. The topological polar surface area (TPSA) is 66.4 Å². The van der Waals surface area contributed by atoms with Gasteiger partial charge in [-0.2, -0.15) is 8.78 Å². The van der Waals surface area contributed by atoms with Crippen molar-refractivity contribution in [3.63, 3.8) is 0 Å². The molecule has 0 heterocycles. The molecule has 8 heteroatoms. The van der Waals surface area contributed by atoms with E-state index in [2.05, 4.69) is 0 Å². The van der Waals surface area contributed by atoms with Crippen molar-refractivity contribution < 1.29 is 32.3 Å². The predicted molar refractivity (Wildman–Crippen MR) is 59.2 cm³/mol. The molecule has 0 aromatic rings. The van der Waals surface area contributed by atoms with Gasteiger partial charge in [0.25, 0.3) is 5.91 Å². The summed E-state index contributed by atoms with van der Waals surface area (Å²) in [6, 6.07) is 0. The first-order valence-electron chi connectivity index (χ1n) is 5.65. The van der Waals surface area contributed by atoms with E-state index >= 15 is 0 Å². The number of aliphatic carboxylic acids is 1. The van der Waals surface area contributed by atoms with Crippen molar-refractivity contribution in [2.24, 2.45) is 5.41 Å². The quantitative estimate of drug-likeness (QED) is 0.673. The van der Waals surface area contributed by atoms with Crippen LogP contribution in [0.5, 0.6) is 0 Å². The maximum absolute atomic E-state index is 12.6. The molecule has 4 nitrogen and oxygen atoms in total. The minimum Gasteiger partial charge on any atom is -0.481 e. The maximum atomic E-state index is 12.6. The van der Waals surface area contributed by atoms with Crippen LogP contribution in [-0.2, 0) is 9.59 Å². The van der Waals surface area contributed by atoms with Gasteiger partial charge in [0.15, 0.2) is 0 Å². The molecule has 0 bridgehead atoms. The summed E-state index contributed by atoms with van der Waals surface area (Å²) in [7, 11) is 0. The Hall–Kier alpha value is -1.34. The summed E-state index contributed by atoms with van der Waals surface area (Å²) in [6.07, 6.45) is -3.63. The van der Waals surface area contributed by atoms with Gasteiger partial charge in [-0.1, -0.05) is 13.8 Å². The Morgan fingerprint density at radius 3 is 2.16 bits per heavy atom. The summed E-state index contributed by atoms with van der Waals surface area (Å²) in [6.45, 7) is 3.19. The van der Waals surface area contributed by atoms with Crippen LogP contribution in [0.1, 0.15) is 33.1 Å². The van der Waals surface area contributed by atoms with E-state index in [1.54, 1.807) is 19.2 Å². The number of amides is 1. The standard InChI is InChI=1S/C11H17F4NO3/c1-10(2,4-3-7(17)18)5-6-16-9(19)11(14,15)8(12)13/h8H,3-6H2,1-2H3,(H,16,19)(H,17,18). The minimum atomic E-state index is -4.70. The zero-order chi connectivity index (χ0) is 15.3. The highest BCUT2D eigenvalue weighted by atomic mass is 19.3. The van der Waals surface area contributed by atoms with E-state index in [-0.39, 0.29) is 19.4 Å². The van der Waals surface area contributed by atoms with Crippen LogP contribution < -0.4 is 5.32 Å². The molecule has 0 rings (SSSR count). The molecule has 0 unspecified atom stereocenters. The first-order chi connectivity index (χ1) is 8.49. The van der Waals surface area contributed by atoms with Crippen molar-refractivity contribution in [3.8, 4) is 0 Å². The van der Waals surface area contributed by atoms with Gasteiger partial charge >= 0.3 is 18.3 Å². The molecule has 2 N–H and O–H groups in total. The van der Waals surface area contributed by atoms with Gasteiger partial charge in [-0.15, -0.1) is 0 Å². The molecular formula is C11H17F4NO3. The van der Waals surface area contributed by atoms with Gasteiger partial charge in [-0.25, -0.2) is 8.78 Å². The van der Waals surface area contributed by atoms with E-state index in [9.17, 15) is 27.2 Å². The van der Waals surface area contributed by atoms with Crippen LogP contribution in [0.3, 0.4) is 0 Å². The maximum Gasteiger partial charge on any atom is 0.383 e. The van der Waals surface area contributed by atoms with Crippen molar-refractivity contribution in [1.29, 1.82) is 0 Å².